The zero-order valence-corrected chi connectivity index (χ0v) is 19.3. The lowest BCUT2D eigenvalue weighted by atomic mass is 10.0. The molecule has 3 aromatic rings. The van der Waals surface area contributed by atoms with E-state index < -0.39 is 22.0 Å². The van der Waals surface area contributed by atoms with Gasteiger partial charge >= 0.3 is 0 Å². The van der Waals surface area contributed by atoms with E-state index in [0.29, 0.717) is 18.0 Å². The van der Waals surface area contributed by atoms with Crippen molar-refractivity contribution in [2.75, 3.05) is 11.9 Å². The molecule has 0 aliphatic rings. The van der Waals surface area contributed by atoms with Crippen molar-refractivity contribution in [3.05, 3.63) is 89.5 Å². The van der Waals surface area contributed by atoms with E-state index in [9.17, 15) is 13.2 Å². The first kappa shape index (κ1) is 23.5. The molecule has 0 unspecified atom stereocenters. The second-order valence-corrected chi connectivity index (χ2v) is 9.24. The van der Waals surface area contributed by atoms with E-state index in [0.717, 1.165) is 16.7 Å². The molecule has 0 radical (unpaired) electrons. The molecule has 0 spiro atoms. The summed E-state index contributed by atoms with van der Waals surface area (Å²) in [5.41, 5.74) is 3.36. The predicted molar refractivity (Wildman–Crippen MR) is 126 cm³/mol. The van der Waals surface area contributed by atoms with Gasteiger partial charge in [0.05, 0.1) is 11.5 Å². The lowest BCUT2D eigenvalue weighted by molar-refractivity contribution is -0.117. The Labute approximate surface area is 189 Å². The normalized spacial score (nSPS) is 12.2. The molecule has 7 heteroatoms. The summed E-state index contributed by atoms with van der Waals surface area (Å²) in [7, 11) is -3.94. The molecular formula is C25H28N2O4S. The summed E-state index contributed by atoms with van der Waals surface area (Å²) in [6, 6.07) is 20.2. The molecule has 6 nitrogen and oxygen atoms in total. The number of benzene rings is 3. The van der Waals surface area contributed by atoms with E-state index in [1.54, 1.807) is 12.1 Å². The maximum Gasteiger partial charge on any atom is 0.242 e. The van der Waals surface area contributed by atoms with E-state index in [2.05, 4.69) is 10.0 Å². The number of anilines is 1. The van der Waals surface area contributed by atoms with Crippen molar-refractivity contribution in [2.24, 2.45) is 0 Å². The van der Waals surface area contributed by atoms with Crippen molar-refractivity contribution in [1.29, 1.82) is 0 Å². The molecule has 3 aromatic carbocycles. The van der Waals surface area contributed by atoms with Crippen LogP contribution >= 0.6 is 0 Å². The minimum Gasteiger partial charge on any atom is -0.494 e. The Bertz CT molecular complexity index is 1140. The summed E-state index contributed by atoms with van der Waals surface area (Å²) >= 11 is 0. The molecular weight excluding hydrogens is 424 g/mol. The number of amides is 1. The van der Waals surface area contributed by atoms with Gasteiger partial charge in [-0.15, -0.1) is 0 Å². The number of carbonyl (C=O) groups excluding carboxylic acids is 1. The summed E-state index contributed by atoms with van der Waals surface area (Å²) in [5.74, 6) is 0.167. The fourth-order valence-electron chi connectivity index (χ4n) is 3.40. The summed E-state index contributed by atoms with van der Waals surface area (Å²) in [4.78, 5) is 13.3. The maximum atomic E-state index is 13.2. The van der Waals surface area contributed by atoms with Gasteiger partial charge < -0.3 is 10.1 Å². The molecule has 0 saturated carbocycles. The number of sulfonamides is 1. The zero-order chi connectivity index (χ0) is 23.1. The summed E-state index contributed by atoms with van der Waals surface area (Å²) < 4.78 is 34.1. The number of nitrogens with one attached hydrogen (secondary N) is 2. The Morgan fingerprint density at radius 2 is 1.53 bits per heavy atom. The average Bonchev–Trinajstić information content (AvgIpc) is 2.77. The lowest BCUT2D eigenvalue weighted by Crippen LogP contribution is -2.45. The van der Waals surface area contributed by atoms with Crippen LogP contribution in [0.5, 0.6) is 5.75 Å². The number of para-hydroxylation sites is 1. The Hall–Kier alpha value is -3.16. The summed E-state index contributed by atoms with van der Waals surface area (Å²) in [6.45, 7) is 6.15. The summed E-state index contributed by atoms with van der Waals surface area (Å²) in [6.07, 6.45) is 0.216. The Morgan fingerprint density at radius 1 is 0.906 bits per heavy atom. The molecule has 32 heavy (non-hydrogen) atoms. The van der Waals surface area contributed by atoms with Crippen LogP contribution in [0, 0.1) is 13.8 Å². The van der Waals surface area contributed by atoms with Crippen LogP contribution in [0.2, 0.25) is 0 Å². The average molecular weight is 453 g/mol. The first-order chi connectivity index (χ1) is 15.3. The molecule has 0 aliphatic carbocycles. The van der Waals surface area contributed by atoms with Crippen LogP contribution in [-0.4, -0.2) is 27.0 Å². The van der Waals surface area contributed by atoms with Crippen molar-refractivity contribution < 1.29 is 17.9 Å². The molecule has 1 amide bonds. The van der Waals surface area contributed by atoms with E-state index in [1.165, 1.54) is 12.1 Å². The van der Waals surface area contributed by atoms with Crippen molar-refractivity contribution in [3.8, 4) is 5.75 Å². The number of rotatable bonds is 9. The van der Waals surface area contributed by atoms with Gasteiger partial charge in [0.15, 0.2) is 0 Å². The van der Waals surface area contributed by atoms with Gasteiger partial charge in [0.1, 0.15) is 11.8 Å². The SMILES string of the molecule is CCOc1ccc(S(=O)(=O)N[C@@H](Cc2ccccc2)C(=O)Nc2c(C)cccc2C)cc1. The Kier molecular flexibility index (Phi) is 7.66. The maximum absolute atomic E-state index is 13.2. The molecule has 0 heterocycles. The second-order valence-electron chi connectivity index (χ2n) is 7.52. The molecule has 0 bridgehead atoms. The third-order valence-corrected chi connectivity index (χ3v) is 6.56. The topological polar surface area (TPSA) is 84.5 Å². The molecule has 0 saturated heterocycles. The molecule has 0 aromatic heterocycles. The number of hydrogen-bond acceptors (Lipinski definition) is 4. The van der Waals surface area contributed by atoms with E-state index in [-0.39, 0.29) is 11.3 Å². The van der Waals surface area contributed by atoms with Gasteiger partial charge in [0.2, 0.25) is 15.9 Å². The van der Waals surface area contributed by atoms with Crippen LogP contribution in [-0.2, 0) is 21.2 Å². The highest BCUT2D eigenvalue weighted by molar-refractivity contribution is 7.89. The summed E-state index contributed by atoms with van der Waals surface area (Å²) in [5, 5.41) is 2.91. The van der Waals surface area contributed by atoms with Crippen molar-refractivity contribution in [3.63, 3.8) is 0 Å². The van der Waals surface area contributed by atoms with E-state index in [4.69, 9.17) is 4.74 Å². The van der Waals surface area contributed by atoms with Crippen LogP contribution < -0.4 is 14.8 Å². The van der Waals surface area contributed by atoms with Crippen LogP contribution in [0.15, 0.2) is 77.7 Å². The highest BCUT2D eigenvalue weighted by atomic mass is 32.2. The fourth-order valence-corrected chi connectivity index (χ4v) is 4.59. The predicted octanol–water partition coefficient (Wildman–Crippen LogP) is 4.23. The van der Waals surface area contributed by atoms with Crippen LogP contribution in [0.1, 0.15) is 23.6 Å². The molecule has 2 N–H and O–H groups in total. The Balaban J connectivity index is 1.87. The van der Waals surface area contributed by atoms with Crippen molar-refractivity contribution in [2.45, 2.75) is 38.1 Å². The Morgan fingerprint density at radius 3 is 2.12 bits per heavy atom. The van der Waals surface area contributed by atoms with Crippen LogP contribution in [0.3, 0.4) is 0 Å². The molecule has 168 valence electrons. The first-order valence-electron chi connectivity index (χ1n) is 10.5. The number of aryl methyl sites for hydroxylation is 2. The van der Waals surface area contributed by atoms with Gasteiger partial charge in [0, 0.05) is 5.69 Å². The number of hydrogen-bond donors (Lipinski definition) is 2. The van der Waals surface area contributed by atoms with E-state index in [1.807, 2.05) is 69.3 Å². The third-order valence-electron chi connectivity index (χ3n) is 5.07. The fraction of sp³-hybridized carbons (Fsp3) is 0.240. The minimum atomic E-state index is -3.94. The molecule has 0 aliphatic heterocycles. The third kappa shape index (κ3) is 5.96. The van der Waals surface area contributed by atoms with Gasteiger partial charge in [-0.3, -0.25) is 4.79 Å². The molecule has 3 rings (SSSR count). The minimum absolute atomic E-state index is 0.0684. The van der Waals surface area contributed by atoms with Crippen molar-refractivity contribution >= 4 is 21.6 Å². The highest BCUT2D eigenvalue weighted by Gasteiger charge is 2.27. The van der Waals surface area contributed by atoms with Crippen LogP contribution in [0.25, 0.3) is 0 Å². The van der Waals surface area contributed by atoms with Crippen molar-refractivity contribution in [1.82, 2.24) is 4.72 Å². The van der Waals surface area contributed by atoms with E-state index >= 15 is 0 Å². The standard InChI is InChI=1S/C25H28N2O4S/c1-4-31-21-13-15-22(16-14-21)32(29,30)27-23(17-20-11-6-5-7-12-20)25(28)26-24-18(2)9-8-10-19(24)3/h5-16,23,27H,4,17H2,1-3H3,(H,26,28)/t23-/m0/s1. The largest absolute Gasteiger partial charge is 0.494 e. The quantitative estimate of drug-likeness (QED) is 0.509. The second kappa shape index (κ2) is 10.4. The monoisotopic (exact) mass is 452 g/mol. The molecule has 1 atom stereocenters. The van der Waals surface area contributed by atoms with Gasteiger partial charge in [-0.05, 0) is 68.1 Å². The van der Waals surface area contributed by atoms with Gasteiger partial charge in [0.25, 0.3) is 0 Å². The van der Waals surface area contributed by atoms with Gasteiger partial charge in [-0.2, -0.15) is 4.72 Å². The molecule has 0 fully saturated rings. The smallest absolute Gasteiger partial charge is 0.242 e. The van der Waals surface area contributed by atoms with Gasteiger partial charge in [-0.1, -0.05) is 48.5 Å². The van der Waals surface area contributed by atoms with Gasteiger partial charge in [-0.25, -0.2) is 8.42 Å². The lowest BCUT2D eigenvalue weighted by Gasteiger charge is -2.20. The number of carbonyl (C=O) groups is 1. The number of ether oxygens (including phenoxy) is 1. The van der Waals surface area contributed by atoms with Crippen LogP contribution in [0.4, 0.5) is 5.69 Å². The zero-order valence-electron chi connectivity index (χ0n) is 18.5. The highest BCUT2D eigenvalue weighted by Crippen LogP contribution is 2.21. The first-order valence-corrected chi connectivity index (χ1v) is 11.9.